The van der Waals surface area contributed by atoms with Gasteiger partial charge < -0.3 is 15.5 Å². The van der Waals surface area contributed by atoms with Gasteiger partial charge in [-0.3, -0.25) is 0 Å². The normalized spacial score (nSPS) is 12.2. The molecule has 0 amide bonds. The Balaban J connectivity index is 2.65. The number of halogens is 1. The van der Waals surface area contributed by atoms with Gasteiger partial charge in [-0.25, -0.2) is 4.79 Å². The summed E-state index contributed by atoms with van der Waals surface area (Å²) in [5.41, 5.74) is 1.13. The lowest BCUT2D eigenvalue weighted by atomic mass is 10.0. The van der Waals surface area contributed by atoms with Gasteiger partial charge in [0.1, 0.15) is 0 Å². The van der Waals surface area contributed by atoms with Crippen molar-refractivity contribution in [1.82, 2.24) is 0 Å². The second kappa shape index (κ2) is 7.38. The first kappa shape index (κ1) is 15.0. The molecule has 100 valence electrons. The highest BCUT2D eigenvalue weighted by Gasteiger charge is 2.09. The van der Waals surface area contributed by atoms with Gasteiger partial charge in [-0.15, -0.1) is 0 Å². The predicted molar refractivity (Wildman–Crippen MR) is 75.1 cm³/mol. The van der Waals surface area contributed by atoms with Crippen LogP contribution in [0.4, 0.5) is 5.69 Å². The monoisotopic (exact) mass is 315 g/mol. The summed E-state index contributed by atoms with van der Waals surface area (Å²) in [5, 5.41) is 21.0. The first-order chi connectivity index (χ1) is 8.58. The number of carboxylic acid groups (broad SMARTS) is 1. The average molecular weight is 316 g/mol. The van der Waals surface area contributed by atoms with Crippen LogP contribution in [0.3, 0.4) is 0 Å². The Morgan fingerprint density at radius 3 is 2.72 bits per heavy atom. The van der Waals surface area contributed by atoms with Gasteiger partial charge in [-0.1, -0.05) is 13.3 Å². The smallest absolute Gasteiger partial charge is 0.335 e. The molecule has 0 aliphatic carbocycles. The molecule has 0 fully saturated rings. The number of carbonyl (C=O) groups is 1. The molecule has 4 nitrogen and oxygen atoms in total. The molecular formula is C13H18BrNO3. The zero-order chi connectivity index (χ0) is 13.5. The molecule has 18 heavy (non-hydrogen) atoms. The van der Waals surface area contributed by atoms with Crippen LogP contribution in [0.1, 0.15) is 30.1 Å². The number of anilines is 1. The van der Waals surface area contributed by atoms with Crippen molar-refractivity contribution in [1.29, 1.82) is 0 Å². The van der Waals surface area contributed by atoms with Crippen molar-refractivity contribution in [2.24, 2.45) is 5.92 Å². The van der Waals surface area contributed by atoms with E-state index in [9.17, 15) is 4.79 Å². The lowest BCUT2D eigenvalue weighted by molar-refractivity contribution is 0.0697. The van der Waals surface area contributed by atoms with Crippen molar-refractivity contribution >= 4 is 27.6 Å². The average Bonchev–Trinajstić information content (AvgIpc) is 2.35. The van der Waals surface area contributed by atoms with Crippen molar-refractivity contribution in [3.8, 4) is 0 Å². The van der Waals surface area contributed by atoms with Crippen LogP contribution in [0.2, 0.25) is 0 Å². The SMILES string of the molecule is CCC(CCO)CNc1ccc(C(=O)O)cc1Br. The van der Waals surface area contributed by atoms with Crippen molar-refractivity contribution in [2.75, 3.05) is 18.5 Å². The van der Waals surface area contributed by atoms with Crippen LogP contribution >= 0.6 is 15.9 Å². The van der Waals surface area contributed by atoms with Crippen molar-refractivity contribution in [2.45, 2.75) is 19.8 Å². The maximum Gasteiger partial charge on any atom is 0.335 e. The van der Waals surface area contributed by atoms with Crippen LogP contribution in [0.15, 0.2) is 22.7 Å². The van der Waals surface area contributed by atoms with E-state index in [0.717, 1.165) is 29.5 Å². The van der Waals surface area contributed by atoms with Crippen molar-refractivity contribution < 1.29 is 15.0 Å². The van der Waals surface area contributed by atoms with Gasteiger partial charge in [-0.05, 0) is 46.5 Å². The number of benzene rings is 1. The number of carboxylic acids is 1. The number of nitrogens with one attached hydrogen (secondary N) is 1. The van der Waals surface area contributed by atoms with E-state index in [1.54, 1.807) is 18.2 Å². The topological polar surface area (TPSA) is 69.6 Å². The Labute approximate surface area is 115 Å². The van der Waals surface area contributed by atoms with E-state index in [0.29, 0.717) is 5.92 Å². The second-order valence-electron chi connectivity index (χ2n) is 4.17. The third-order valence-corrected chi connectivity index (χ3v) is 3.57. The van der Waals surface area contributed by atoms with E-state index >= 15 is 0 Å². The molecule has 0 saturated carbocycles. The van der Waals surface area contributed by atoms with Gasteiger partial charge in [0.25, 0.3) is 0 Å². The molecule has 0 saturated heterocycles. The van der Waals surface area contributed by atoms with Gasteiger partial charge in [0, 0.05) is 23.3 Å². The van der Waals surface area contributed by atoms with Crippen LogP contribution in [0.25, 0.3) is 0 Å². The molecule has 1 atom stereocenters. The summed E-state index contributed by atoms with van der Waals surface area (Å²) in [5.74, 6) is -0.519. The highest BCUT2D eigenvalue weighted by Crippen LogP contribution is 2.24. The summed E-state index contributed by atoms with van der Waals surface area (Å²) in [4.78, 5) is 10.8. The van der Waals surface area contributed by atoms with Gasteiger partial charge in [0.05, 0.1) is 5.56 Å². The maximum atomic E-state index is 10.8. The molecule has 0 heterocycles. The molecule has 0 aliphatic rings. The van der Waals surface area contributed by atoms with Crippen LogP contribution < -0.4 is 5.32 Å². The van der Waals surface area contributed by atoms with E-state index in [4.69, 9.17) is 10.2 Å². The number of aliphatic hydroxyl groups is 1. The molecule has 0 radical (unpaired) electrons. The lowest BCUT2D eigenvalue weighted by Gasteiger charge is -2.16. The molecule has 3 N–H and O–H groups in total. The fourth-order valence-electron chi connectivity index (χ4n) is 1.68. The highest BCUT2D eigenvalue weighted by atomic mass is 79.9. The number of hydrogen-bond acceptors (Lipinski definition) is 3. The van der Waals surface area contributed by atoms with Crippen LogP contribution in [-0.2, 0) is 0 Å². The van der Waals surface area contributed by atoms with Gasteiger partial charge >= 0.3 is 5.97 Å². The number of aromatic carboxylic acids is 1. The van der Waals surface area contributed by atoms with E-state index in [1.165, 1.54) is 0 Å². The lowest BCUT2D eigenvalue weighted by Crippen LogP contribution is -2.15. The highest BCUT2D eigenvalue weighted by molar-refractivity contribution is 9.10. The van der Waals surface area contributed by atoms with Crippen LogP contribution in [-0.4, -0.2) is 29.3 Å². The Morgan fingerprint density at radius 1 is 1.50 bits per heavy atom. The fourth-order valence-corrected chi connectivity index (χ4v) is 2.20. The third-order valence-electron chi connectivity index (χ3n) is 2.91. The number of aliphatic hydroxyl groups excluding tert-OH is 1. The first-order valence-corrected chi connectivity index (χ1v) is 6.75. The summed E-state index contributed by atoms with van der Waals surface area (Å²) in [6.45, 7) is 3.05. The molecule has 0 aromatic heterocycles. The Morgan fingerprint density at radius 2 is 2.22 bits per heavy atom. The van der Waals surface area contributed by atoms with E-state index in [2.05, 4.69) is 28.2 Å². The largest absolute Gasteiger partial charge is 0.478 e. The molecule has 1 rings (SSSR count). The van der Waals surface area contributed by atoms with Crippen molar-refractivity contribution in [3.05, 3.63) is 28.2 Å². The summed E-state index contributed by atoms with van der Waals surface area (Å²) < 4.78 is 0.737. The molecule has 5 heteroatoms. The molecular weight excluding hydrogens is 298 g/mol. The maximum absolute atomic E-state index is 10.8. The van der Waals surface area contributed by atoms with Crippen LogP contribution in [0, 0.1) is 5.92 Å². The Bertz CT molecular complexity index is 409. The predicted octanol–water partition coefficient (Wildman–Crippen LogP) is 2.97. The first-order valence-electron chi connectivity index (χ1n) is 5.96. The number of hydrogen-bond donors (Lipinski definition) is 3. The van der Waals surface area contributed by atoms with Gasteiger partial charge in [-0.2, -0.15) is 0 Å². The molecule has 0 aliphatic heterocycles. The molecule has 0 spiro atoms. The standard InChI is InChI=1S/C13H18BrNO3/c1-2-9(5-6-16)8-15-12-4-3-10(13(17)18)7-11(12)14/h3-4,7,9,15-16H,2,5-6,8H2,1H3,(H,17,18). The molecule has 1 aromatic carbocycles. The minimum atomic E-state index is -0.936. The second-order valence-corrected chi connectivity index (χ2v) is 5.02. The van der Waals surface area contributed by atoms with E-state index in [1.807, 2.05) is 0 Å². The van der Waals surface area contributed by atoms with Gasteiger partial charge in [0.2, 0.25) is 0 Å². The Hall–Kier alpha value is -1.07. The third kappa shape index (κ3) is 4.31. The van der Waals surface area contributed by atoms with Crippen LogP contribution in [0.5, 0.6) is 0 Å². The molecule has 1 unspecified atom stereocenters. The summed E-state index contributed by atoms with van der Waals surface area (Å²) in [6.07, 6.45) is 1.77. The summed E-state index contributed by atoms with van der Waals surface area (Å²) in [6, 6.07) is 4.90. The minimum Gasteiger partial charge on any atom is -0.478 e. The fraction of sp³-hybridized carbons (Fsp3) is 0.462. The summed E-state index contributed by atoms with van der Waals surface area (Å²) in [7, 11) is 0. The quantitative estimate of drug-likeness (QED) is 0.723. The Kier molecular flexibility index (Phi) is 6.15. The number of rotatable bonds is 7. The zero-order valence-corrected chi connectivity index (χ0v) is 11.9. The van der Waals surface area contributed by atoms with E-state index < -0.39 is 5.97 Å². The minimum absolute atomic E-state index is 0.194. The molecule has 0 bridgehead atoms. The summed E-state index contributed by atoms with van der Waals surface area (Å²) >= 11 is 3.35. The van der Waals surface area contributed by atoms with Gasteiger partial charge in [0.15, 0.2) is 0 Å². The van der Waals surface area contributed by atoms with E-state index in [-0.39, 0.29) is 12.2 Å². The molecule has 1 aromatic rings. The zero-order valence-electron chi connectivity index (χ0n) is 10.3. The van der Waals surface area contributed by atoms with Crippen molar-refractivity contribution in [3.63, 3.8) is 0 Å².